The Morgan fingerprint density at radius 2 is 1.85 bits per heavy atom. The van der Waals surface area contributed by atoms with Crippen LogP contribution in [-0.4, -0.2) is 32.4 Å². The summed E-state index contributed by atoms with van der Waals surface area (Å²) in [6, 6.07) is 2.61. The quantitative estimate of drug-likeness (QED) is 0.839. The molecule has 4 nitrogen and oxygen atoms in total. The van der Waals surface area contributed by atoms with E-state index in [9.17, 15) is 12.8 Å². The lowest BCUT2D eigenvalue weighted by molar-refractivity contribution is 0.439. The molecule has 0 fully saturated rings. The number of hydrogen-bond donors (Lipinski definition) is 1. The molecule has 0 heterocycles. The van der Waals surface area contributed by atoms with Gasteiger partial charge in [0.15, 0.2) is 0 Å². The predicted octanol–water partition coefficient (Wildman–Crippen LogP) is 2.62. The minimum Gasteiger partial charge on any atom is -0.313 e. The van der Waals surface area contributed by atoms with Gasteiger partial charge in [-0.2, -0.15) is 4.31 Å². The minimum atomic E-state index is -3.86. The van der Waals surface area contributed by atoms with Crippen LogP contribution in [0.1, 0.15) is 26.3 Å². The molecule has 1 N–H and O–H groups in total. The standard InChI is InChI=1S/C13H20ClFN2O2S/c1-4-16-9-10-7-11(14)8-12(13(10)15)20(18,19)17(5-2)6-3/h7-8,16H,4-6,9H2,1-3H3. The molecule has 0 unspecified atom stereocenters. The first kappa shape index (κ1) is 17.4. The fraction of sp³-hybridized carbons (Fsp3) is 0.538. The zero-order chi connectivity index (χ0) is 15.3. The van der Waals surface area contributed by atoms with Crippen LogP contribution in [0.5, 0.6) is 0 Å². The van der Waals surface area contributed by atoms with Crippen LogP contribution in [0.15, 0.2) is 17.0 Å². The van der Waals surface area contributed by atoms with Crippen molar-refractivity contribution in [2.45, 2.75) is 32.2 Å². The van der Waals surface area contributed by atoms with Crippen molar-refractivity contribution >= 4 is 21.6 Å². The van der Waals surface area contributed by atoms with Crippen molar-refractivity contribution < 1.29 is 12.8 Å². The molecule has 20 heavy (non-hydrogen) atoms. The number of hydrogen-bond acceptors (Lipinski definition) is 3. The molecule has 114 valence electrons. The highest BCUT2D eigenvalue weighted by Gasteiger charge is 2.27. The Morgan fingerprint density at radius 1 is 1.25 bits per heavy atom. The molecule has 0 saturated carbocycles. The topological polar surface area (TPSA) is 49.4 Å². The maximum atomic E-state index is 14.4. The van der Waals surface area contributed by atoms with E-state index in [1.807, 2.05) is 6.92 Å². The van der Waals surface area contributed by atoms with E-state index in [1.165, 1.54) is 16.4 Å². The summed E-state index contributed by atoms with van der Waals surface area (Å²) in [7, 11) is -3.86. The Hall–Kier alpha value is -0.690. The molecular weight excluding hydrogens is 303 g/mol. The van der Waals surface area contributed by atoms with Gasteiger partial charge in [-0.3, -0.25) is 0 Å². The smallest absolute Gasteiger partial charge is 0.246 e. The second-order valence-electron chi connectivity index (χ2n) is 4.25. The van der Waals surface area contributed by atoms with Gasteiger partial charge in [-0.25, -0.2) is 12.8 Å². The average molecular weight is 323 g/mol. The Morgan fingerprint density at radius 3 is 2.35 bits per heavy atom. The monoisotopic (exact) mass is 322 g/mol. The first-order valence-corrected chi connectivity index (χ1v) is 8.39. The van der Waals surface area contributed by atoms with E-state index < -0.39 is 15.8 Å². The Bertz CT molecular complexity index is 560. The second kappa shape index (κ2) is 7.36. The van der Waals surface area contributed by atoms with Gasteiger partial charge in [-0.05, 0) is 18.7 Å². The first-order valence-electron chi connectivity index (χ1n) is 6.57. The Balaban J connectivity index is 3.34. The highest BCUT2D eigenvalue weighted by molar-refractivity contribution is 7.89. The molecule has 0 aliphatic carbocycles. The van der Waals surface area contributed by atoms with Crippen LogP contribution < -0.4 is 5.32 Å². The van der Waals surface area contributed by atoms with Crippen molar-refractivity contribution in [3.8, 4) is 0 Å². The number of nitrogens with zero attached hydrogens (tertiary/aromatic N) is 1. The lowest BCUT2D eigenvalue weighted by Gasteiger charge is -2.20. The Labute approximate surface area is 125 Å². The second-order valence-corrected chi connectivity index (χ2v) is 6.59. The van der Waals surface area contributed by atoms with E-state index in [4.69, 9.17) is 11.6 Å². The van der Waals surface area contributed by atoms with E-state index in [2.05, 4.69) is 5.32 Å². The zero-order valence-electron chi connectivity index (χ0n) is 11.9. The van der Waals surface area contributed by atoms with Gasteiger partial charge in [-0.1, -0.05) is 32.4 Å². The van der Waals surface area contributed by atoms with Crippen molar-refractivity contribution in [2.24, 2.45) is 0 Å². The molecule has 0 aliphatic heterocycles. The molecular formula is C13H20ClFN2O2S. The average Bonchev–Trinajstić information content (AvgIpc) is 2.40. The number of sulfonamides is 1. The summed E-state index contributed by atoms with van der Waals surface area (Å²) in [4.78, 5) is -0.360. The van der Waals surface area contributed by atoms with Gasteiger partial charge >= 0.3 is 0 Å². The molecule has 0 bridgehead atoms. The maximum absolute atomic E-state index is 14.4. The first-order chi connectivity index (χ1) is 9.38. The van der Waals surface area contributed by atoms with E-state index >= 15 is 0 Å². The molecule has 0 aliphatic rings. The number of halogens is 2. The summed E-state index contributed by atoms with van der Waals surface area (Å²) in [5, 5.41) is 3.17. The van der Waals surface area contributed by atoms with Crippen molar-refractivity contribution in [3.63, 3.8) is 0 Å². The minimum absolute atomic E-state index is 0.213. The molecule has 1 aromatic rings. The molecule has 0 aromatic heterocycles. The van der Waals surface area contributed by atoms with Crippen LogP contribution in [0, 0.1) is 5.82 Å². The van der Waals surface area contributed by atoms with Gasteiger partial charge in [0.2, 0.25) is 10.0 Å². The summed E-state index contributed by atoms with van der Waals surface area (Å²) < 4.78 is 40.4. The van der Waals surface area contributed by atoms with Gasteiger partial charge < -0.3 is 5.32 Å². The number of rotatable bonds is 7. The van der Waals surface area contributed by atoms with Crippen molar-refractivity contribution in [1.29, 1.82) is 0 Å². The van der Waals surface area contributed by atoms with Crippen LogP contribution in [0.25, 0.3) is 0 Å². The van der Waals surface area contributed by atoms with Crippen LogP contribution in [0.2, 0.25) is 5.02 Å². The summed E-state index contributed by atoms with van der Waals surface area (Å²) in [6.07, 6.45) is 0. The van der Waals surface area contributed by atoms with Crippen LogP contribution in [0.3, 0.4) is 0 Å². The number of nitrogens with one attached hydrogen (secondary N) is 1. The van der Waals surface area contributed by atoms with Gasteiger partial charge in [0.25, 0.3) is 0 Å². The molecule has 7 heteroatoms. The summed E-state index contributed by atoms with van der Waals surface area (Å²) >= 11 is 5.92. The van der Waals surface area contributed by atoms with E-state index in [0.29, 0.717) is 6.54 Å². The van der Waals surface area contributed by atoms with Gasteiger partial charge in [-0.15, -0.1) is 0 Å². The van der Waals surface area contributed by atoms with Crippen molar-refractivity contribution in [1.82, 2.24) is 9.62 Å². The summed E-state index contributed by atoms with van der Waals surface area (Å²) in [6.45, 7) is 6.77. The summed E-state index contributed by atoms with van der Waals surface area (Å²) in [5.74, 6) is -0.734. The fourth-order valence-corrected chi connectivity index (χ4v) is 3.79. The summed E-state index contributed by atoms with van der Waals surface area (Å²) in [5.41, 5.74) is 0.255. The molecule has 0 radical (unpaired) electrons. The van der Waals surface area contributed by atoms with E-state index in [1.54, 1.807) is 13.8 Å². The van der Waals surface area contributed by atoms with Crippen molar-refractivity contribution in [3.05, 3.63) is 28.5 Å². The lowest BCUT2D eigenvalue weighted by Crippen LogP contribution is -2.31. The normalized spacial score (nSPS) is 12.1. The molecule has 0 spiro atoms. The molecule has 0 atom stereocenters. The molecule has 0 amide bonds. The largest absolute Gasteiger partial charge is 0.313 e. The fourth-order valence-electron chi connectivity index (χ4n) is 1.90. The van der Waals surface area contributed by atoms with Crippen molar-refractivity contribution in [2.75, 3.05) is 19.6 Å². The lowest BCUT2D eigenvalue weighted by atomic mass is 10.2. The molecule has 0 saturated heterocycles. The zero-order valence-corrected chi connectivity index (χ0v) is 13.5. The van der Waals surface area contributed by atoms with E-state index in [-0.39, 0.29) is 35.1 Å². The van der Waals surface area contributed by atoms with Crippen LogP contribution in [0.4, 0.5) is 4.39 Å². The number of benzene rings is 1. The third kappa shape index (κ3) is 3.69. The van der Waals surface area contributed by atoms with Gasteiger partial charge in [0.1, 0.15) is 10.7 Å². The third-order valence-corrected chi connectivity index (χ3v) is 5.24. The van der Waals surface area contributed by atoms with E-state index in [0.717, 1.165) is 0 Å². The highest BCUT2D eigenvalue weighted by Crippen LogP contribution is 2.26. The third-order valence-electron chi connectivity index (χ3n) is 2.97. The predicted molar refractivity (Wildman–Crippen MR) is 78.9 cm³/mol. The van der Waals surface area contributed by atoms with Crippen LogP contribution in [-0.2, 0) is 16.6 Å². The van der Waals surface area contributed by atoms with Crippen LogP contribution >= 0.6 is 11.6 Å². The molecule has 1 aromatic carbocycles. The van der Waals surface area contributed by atoms with Gasteiger partial charge in [0, 0.05) is 30.2 Å². The SMILES string of the molecule is CCNCc1cc(Cl)cc(S(=O)(=O)N(CC)CC)c1F. The van der Waals surface area contributed by atoms with Gasteiger partial charge in [0.05, 0.1) is 0 Å². The maximum Gasteiger partial charge on any atom is 0.246 e. The highest BCUT2D eigenvalue weighted by atomic mass is 35.5. The molecule has 1 rings (SSSR count). The Kier molecular flexibility index (Phi) is 6.39.